The van der Waals surface area contributed by atoms with Gasteiger partial charge in [0.2, 0.25) is 0 Å². The first-order valence-electron chi connectivity index (χ1n) is 7.09. The van der Waals surface area contributed by atoms with E-state index in [0.29, 0.717) is 17.2 Å². The summed E-state index contributed by atoms with van der Waals surface area (Å²) in [7, 11) is 0. The molecule has 0 saturated heterocycles. The van der Waals surface area contributed by atoms with Crippen LogP contribution < -0.4 is 10.6 Å². The lowest BCUT2D eigenvalue weighted by atomic mass is 10.2. The number of nitrogens with one attached hydrogen (secondary N) is 2. The van der Waals surface area contributed by atoms with Crippen molar-refractivity contribution < 1.29 is 14.7 Å². The smallest absolute Gasteiger partial charge is 0.326 e. The van der Waals surface area contributed by atoms with Crippen LogP contribution in [-0.4, -0.2) is 35.0 Å². The molecule has 24 heavy (non-hydrogen) atoms. The van der Waals surface area contributed by atoms with E-state index in [1.807, 2.05) is 6.26 Å². The van der Waals surface area contributed by atoms with Crippen molar-refractivity contribution in [1.29, 1.82) is 5.26 Å². The minimum Gasteiger partial charge on any atom is -0.480 e. The molecule has 0 radical (unpaired) electrons. The molecule has 1 amide bonds. The van der Waals surface area contributed by atoms with Crippen LogP contribution in [0.5, 0.6) is 0 Å². The number of carbonyl (C=O) groups excluding carboxylic acids is 1. The van der Waals surface area contributed by atoms with E-state index in [4.69, 9.17) is 22.0 Å². The van der Waals surface area contributed by atoms with Crippen molar-refractivity contribution in [2.24, 2.45) is 0 Å². The molecule has 0 aliphatic carbocycles. The first kappa shape index (κ1) is 19.9. The van der Waals surface area contributed by atoms with Gasteiger partial charge >= 0.3 is 5.97 Å². The molecule has 1 rings (SSSR count). The lowest BCUT2D eigenvalue weighted by Gasteiger charge is -2.12. The summed E-state index contributed by atoms with van der Waals surface area (Å²) in [6.07, 6.45) is 3.39. The molecule has 0 fully saturated rings. The van der Waals surface area contributed by atoms with E-state index in [1.165, 1.54) is 11.8 Å². The SMILES string of the molecule is CSCCC(N/C=C(/C#N)C(=O)NCc1ccccc1Cl)C(=O)O. The number of aliphatic carboxylic acids is 1. The molecular formula is C16H18ClN3O3S. The zero-order valence-electron chi connectivity index (χ0n) is 13.1. The normalized spacial score (nSPS) is 12.1. The number of hydrogen-bond donors (Lipinski definition) is 3. The maximum atomic E-state index is 12.0. The predicted octanol–water partition coefficient (Wildman–Crippen LogP) is 2.16. The molecule has 1 unspecified atom stereocenters. The van der Waals surface area contributed by atoms with Gasteiger partial charge < -0.3 is 15.7 Å². The van der Waals surface area contributed by atoms with Gasteiger partial charge in [-0.05, 0) is 30.1 Å². The number of nitrogens with zero attached hydrogens (tertiary/aromatic N) is 1. The van der Waals surface area contributed by atoms with Gasteiger partial charge in [0, 0.05) is 17.8 Å². The van der Waals surface area contributed by atoms with Gasteiger partial charge in [0.25, 0.3) is 5.91 Å². The third-order valence-electron chi connectivity index (χ3n) is 3.10. The molecule has 0 spiro atoms. The third kappa shape index (κ3) is 6.52. The molecule has 8 heteroatoms. The van der Waals surface area contributed by atoms with Gasteiger partial charge in [0.1, 0.15) is 17.7 Å². The van der Waals surface area contributed by atoms with Crippen LogP contribution in [-0.2, 0) is 16.1 Å². The van der Waals surface area contributed by atoms with Gasteiger partial charge in [0.05, 0.1) is 0 Å². The van der Waals surface area contributed by atoms with Crippen LogP contribution in [0.4, 0.5) is 0 Å². The van der Waals surface area contributed by atoms with Crippen LogP contribution in [0, 0.1) is 11.3 Å². The van der Waals surface area contributed by atoms with Crippen molar-refractivity contribution in [3.8, 4) is 6.07 Å². The second-order valence-electron chi connectivity index (χ2n) is 4.78. The quantitative estimate of drug-likeness (QED) is 0.456. The van der Waals surface area contributed by atoms with Gasteiger partial charge in [-0.15, -0.1) is 0 Å². The summed E-state index contributed by atoms with van der Waals surface area (Å²) in [6, 6.07) is 7.94. The summed E-state index contributed by atoms with van der Waals surface area (Å²) in [6.45, 7) is 0.173. The molecule has 6 nitrogen and oxygen atoms in total. The number of nitriles is 1. The Morgan fingerprint density at radius 2 is 2.17 bits per heavy atom. The number of halogens is 1. The Labute approximate surface area is 149 Å². The Hall–Kier alpha value is -2.17. The number of carboxylic acid groups (broad SMARTS) is 1. The summed E-state index contributed by atoms with van der Waals surface area (Å²) in [5.41, 5.74) is 0.526. The summed E-state index contributed by atoms with van der Waals surface area (Å²) in [4.78, 5) is 23.1. The van der Waals surface area contributed by atoms with Crippen molar-refractivity contribution in [2.45, 2.75) is 19.0 Å². The number of rotatable bonds is 9. The van der Waals surface area contributed by atoms with Crippen LogP contribution in [0.2, 0.25) is 5.02 Å². The number of benzene rings is 1. The topological polar surface area (TPSA) is 102 Å². The number of thioether (sulfide) groups is 1. The molecule has 1 atom stereocenters. The second kappa shape index (κ2) is 10.6. The lowest BCUT2D eigenvalue weighted by Crippen LogP contribution is -2.35. The van der Waals surface area contributed by atoms with Crippen LogP contribution in [0.15, 0.2) is 36.0 Å². The first-order valence-corrected chi connectivity index (χ1v) is 8.86. The van der Waals surface area contributed by atoms with E-state index in [9.17, 15) is 9.59 Å². The molecule has 0 aromatic heterocycles. The molecule has 1 aromatic carbocycles. The molecule has 3 N–H and O–H groups in total. The Balaban J connectivity index is 2.66. The number of carbonyl (C=O) groups is 2. The second-order valence-corrected chi connectivity index (χ2v) is 6.18. The number of hydrogen-bond acceptors (Lipinski definition) is 5. The van der Waals surface area contributed by atoms with Crippen LogP contribution in [0.25, 0.3) is 0 Å². The Bertz CT molecular complexity index is 658. The summed E-state index contributed by atoms with van der Waals surface area (Å²) in [5.74, 6) is -0.980. The maximum absolute atomic E-state index is 12.0. The lowest BCUT2D eigenvalue weighted by molar-refractivity contribution is -0.139. The van der Waals surface area contributed by atoms with Crippen molar-refractivity contribution in [1.82, 2.24) is 10.6 Å². The molecule has 0 aliphatic heterocycles. The minimum absolute atomic E-state index is 0.173. The minimum atomic E-state index is -1.03. The van der Waals surface area contributed by atoms with Gasteiger partial charge in [-0.25, -0.2) is 4.79 Å². The highest BCUT2D eigenvalue weighted by Crippen LogP contribution is 2.14. The highest BCUT2D eigenvalue weighted by molar-refractivity contribution is 7.98. The van der Waals surface area contributed by atoms with E-state index in [2.05, 4.69) is 10.6 Å². The largest absolute Gasteiger partial charge is 0.480 e. The van der Waals surface area contributed by atoms with E-state index < -0.39 is 17.9 Å². The fourth-order valence-corrected chi connectivity index (χ4v) is 2.43. The average Bonchev–Trinajstić information content (AvgIpc) is 2.56. The molecular weight excluding hydrogens is 350 g/mol. The molecule has 128 valence electrons. The maximum Gasteiger partial charge on any atom is 0.326 e. The number of amides is 1. The standard InChI is InChI=1S/C16H18ClN3O3S/c1-24-7-6-14(16(22)23)19-10-12(8-18)15(21)20-9-11-4-2-3-5-13(11)17/h2-5,10,14,19H,6-7,9H2,1H3,(H,20,21)(H,22,23)/b12-10-. The fraction of sp³-hybridized carbons (Fsp3) is 0.312. The van der Waals surface area contributed by atoms with Crippen LogP contribution >= 0.6 is 23.4 Å². The van der Waals surface area contributed by atoms with Gasteiger partial charge in [-0.2, -0.15) is 17.0 Å². The Morgan fingerprint density at radius 3 is 2.75 bits per heavy atom. The van der Waals surface area contributed by atoms with Gasteiger partial charge in [-0.1, -0.05) is 29.8 Å². The van der Waals surface area contributed by atoms with Crippen molar-refractivity contribution in [3.05, 3.63) is 46.6 Å². The monoisotopic (exact) mass is 367 g/mol. The van der Waals surface area contributed by atoms with E-state index in [-0.39, 0.29) is 12.1 Å². The zero-order valence-corrected chi connectivity index (χ0v) is 14.7. The van der Waals surface area contributed by atoms with Gasteiger partial charge in [0.15, 0.2) is 0 Å². The first-order chi connectivity index (χ1) is 11.5. The molecule has 0 heterocycles. The summed E-state index contributed by atoms with van der Waals surface area (Å²) in [5, 5.41) is 23.9. The average molecular weight is 368 g/mol. The van der Waals surface area contributed by atoms with Crippen LogP contribution in [0.1, 0.15) is 12.0 Å². The molecule has 1 aromatic rings. The zero-order chi connectivity index (χ0) is 17.9. The predicted molar refractivity (Wildman–Crippen MR) is 94.6 cm³/mol. The van der Waals surface area contributed by atoms with Crippen molar-refractivity contribution in [3.63, 3.8) is 0 Å². The van der Waals surface area contributed by atoms with E-state index in [1.54, 1.807) is 30.3 Å². The summed E-state index contributed by atoms with van der Waals surface area (Å²) < 4.78 is 0. The Morgan fingerprint density at radius 1 is 1.46 bits per heavy atom. The molecule has 0 aliphatic rings. The molecule has 0 saturated carbocycles. The number of carboxylic acids is 1. The van der Waals surface area contributed by atoms with Crippen molar-refractivity contribution >= 4 is 35.2 Å². The van der Waals surface area contributed by atoms with Crippen LogP contribution in [0.3, 0.4) is 0 Å². The highest BCUT2D eigenvalue weighted by atomic mass is 35.5. The Kier molecular flexibility index (Phi) is 8.76. The van der Waals surface area contributed by atoms with E-state index >= 15 is 0 Å². The van der Waals surface area contributed by atoms with Crippen molar-refractivity contribution in [2.75, 3.05) is 12.0 Å². The highest BCUT2D eigenvalue weighted by Gasteiger charge is 2.16. The molecule has 0 bridgehead atoms. The fourth-order valence-electron chi connectivity index (χ4n) is 1.76. The van der Waals surface area contributed by atoms with Gasteiger partial charge in [-0.3, -0.25) is 4.79 Å². The third-order valence-corrected chi connectivity index (χ3v) is 4.11. The summed E-state index contributed by atoms with van der Waals surface area (Å²) >= 11 is 7.52. The van der Waals surface area contributed by atoms with E-state index in [0.717, 1.165) is 11.8 Å².